The molecule has 0 radical (unpaired) electrons. The number of piperidine rings is 1. The maximum Gasteiger partial charge on any atom is 0.337 e. The summed E-state index contributed by atoms with van der Waals surface area (Å²) in [6, 6.07) is 16.4. The van der Waals surface area contributed by atoms with Gasteiger partial charge in [0.15, 0.2) is 6.10 Å². The standard InChI is InChI=1S/C38H44F2N4O4/c1-24-31(34(36(45)46)48-37(2,3)4)33(44-20-17-38(5,6)18-21-44)32(35(42-24)43-30-23-28(40)15-19-41-30)26-9-13-29(14-10-26)47-22-16-25-7-11-27(39)12-8-25/h7-15,19,23,34H,16-18,20-22H2,1-6H3,(H,45,46)(H,41,42,43)/t34-/m0/s1. The first-order valence-electron chi connectivity index (χ1n) is 16.3. The van der Waals surface area contributed by atoms with E-state index in [1.54, 1.807) is 19.1 Å². The van der Waals surface area contributed by atoms with Crippen molar-refractivity contribution in [1.29, 1.82) is 0 Å². The zero-order chi connectivity index (χ0) is 34.6. The summed E-state index contributed by atoms with van der Waals surface area (Å²) >= 11 is 0. The van der Waals surface area contributed by atoms with Crippen LogP contribution in [0.4, 0.5) is 26.1 Å². The lowest BCUT2D eigenvalue weighted by Gasteiger charge is -2.41. The van der Waals surface area contributed by atoms with Crippen LogP contribution in [0.15, 0.2) is 66.9 Å². The molecular weight excluding hydrogens is 614 g/mol. The number of rotatable bonds is 11. The van der Waals surface area contributed by atoms with Crippen LogP contribution in [0, 0.1) is 24.0 Å². The molecule has 0 aliphatic carbocycles. The van der Waals surface area contributed by atoms with Gasteiger partial charge >= 0.3 is 5.97 Å². The molecule has 1 saturated heterocycles. The number of hydrogen-bond donors (Lipinski definition) is 2. The van der Waals surface area contributed by atoms with Gasteiger partial charge in [-0.25, -0.2) is 23.5 Å². The lowest BCUT2D eigenvalue weighted by molar-refractivity contribution is -0.160. The molecule has 4 aromatic rings. The van der Waals surface area contributed by atoms with Gasteiger partial charge in [-0.15, -0.1) is 0 Å². The normalized spacial score (nSPS) is 15.2. The van der Waals surface area contributed by atoms with Crippen LogP contribution >= 0.6 is 0 Å². The minimum absolute atomic E-state index is 0.131. The fourth-order valence-corrected chi connectivity index (χ4v) is 5.88. The van der Waals surface area contributed by atoms with Crippen molar-refractivity contribution in [3.63, 3.8) is 0 Å². The Morgan fingerprint density at radius 1 is 1.02 bits per heavy atom. The number of carboxylic acids is 1. The van der Waals surface area contributed by atoms with E-state index in [9.17, 15) is 18.7 Å². The van der Waals surface area contributed by atoms with Crippen LogP contribution in [0.2, 0.25) is 0 Å². The number of aromatic nitrogens is 2. The number of carboxylic acid groups (broad SMARTS) is 1. The van der Waals surface area contributed by atoms with Crippen LogP contribution in [-0.4, -0.2) is 46.3 Å². The third-order valence-corrected chi connectivity index (χ3v) is 8.47. The number of nitrogens with zero attached hydrogens (tertiary/aromatic N) is 3. The molecule has 10 heteroatoms. The van der Waals surface area contributed by atoms with E-state index in [1.165, 1.54) is 30.5 Å². The van der Waals surface area contributed by atoms with Crippen LogP contribution in [0.3, 0.4) is 0 Å². The monoisotopic (exact) mass is 658 g/mol. The first kappa shape index (κ1) is 34.8. The summed E-state index contributed by atoms with van der Waals surface area (Å²) < 4.78 is 39.8. The van der Waals surface area contributed by atoms with Crippen molar-refractivity contribution < 1.29 is 28.2 Å². The van der Waals surface area contributed by atoms with Crippen molar-refractivity contribution in [2.75, 3.05) is 29.9 Å². The molecule has 48 heavy (non-hydrogen) atoms. The molecule has 1 atom stereocenters. The van der Waals surface area contributed by atoms with Gasteiger partial charge in [0.1, 0.15) is 29.0 Å². The van der Waals surface area contributed by atoms with Gasteiger partial charge in [-0.05, 0) is 87.4 Å². The molecule has 0 amide bonds. The summed E-state index contributed by atoms with van der Waals surface area (Å²) in [4.78, 5) is 24.4. The van der Waals surface area contributed by atoms with E-state index in [1.807, 2.05) is 45.0 Å². The van der Waals surface area contributed by atoms with Gasteiger partial charge < -0.3 is 24.8 Å². The predicted molar refractivity (Wildman–Crippen MR) is 184 cm³/mol. The maximum absolute atomic E-state index is 14.3. The summed E-state index contributed by atoms with van der Waals surface area (Å²) in [5, 5.41) is 13.8. The Kier molecular flexibility index (Phi) is 10.3. The third-order valence-electron chi connectivity index (χ3n) is 8.47. The number of pyridine rings is 2. The van der Waals surface area contributed by atoms with E-state index in [-0.39, 0.29) is 17.1 Å². The van der Waals surface area contributed by atoms with Crippen molar-refractivity contribution in [2.24, 2.45) is 5.41 Å². The number of nitrogens with one attached hydrogen (secondary N) is 1. The summed E-state index contributed by atoms with van der Waals surface area (Å²) in [6.07, 6.45) is 2.50. The molecule has 2 N–H and O–H groups in total. The molecule has 1 fully saturated rings. The van der Waals surface area contributed by atoms with E-state index in [2.05, 4.69) is 29.0 Å². The minimum Gasteiger partial charge on any atom is -0.493 e. The maximum atomic E-state index is 14.3. The molecule has 1 aliphatic rings. The Labute approximate surface area is 281 Å². The largest absolute Gasteiger partial charge is 0.493 e. The van der Waals surface area contributed by atoms with Crippen molar-refractivity contribution in [3.8, 4) is 16.9 Å². The number of hydrogen-bond acceptors (Lipinski definition) is 7. The van der Waals surface area contributed by atoms with Crippen LogP contribution in [0.5, 0.6) is 5.75 Å². The van der Waals surface area contributed by atoms with Gasteiger partial charge in [0.2, 0.25) is 0 Å². The van der Waals surface area contributed by atoms with Gasteiger partial charge in [-0.1, -0.05) is 38.1 Å². The van der Waals surface area contributed by atoms with Crippen LogP contribution < -0.4 is 15.0 Å². The number of aliphatic carboxylic acids is 1. The predicted octanol–water partition coefficient (Wildman–Crippen LogP) is 8.66. The highest BCUT2D eigenvalue weighted by Crippen LogP contribution is 2.47. The third kappa shape index (κ3) is 8.66. The molecule has 254 valence electrons. The van der Waals surface area contributed by atoms with Crippen LogP contribution in [0.25, 0.3) is 11.1 Å². The summed E-state index contributed by atoms with van der Waals surface area (Å²) in [6.45, 7) is 13.5. The number of anilines is 3. The second kappa shape index (κ2) is 14.3. The zero-order valence-corrected chi connectivity index (χ0v) is 28.4. The molecule has 1 aliphatic heterocycles. The van der Waals surface area contributed by atoms with Crippen molar-refractivity contribution >= 4 is 23.3 Å². The number of ether oxygens (including phenoxy) is 2. The molecule has 5 rings (SSSR count). The highest BCUT2D eigenvalue weighted by molar-refractivity contribution is 5.93. The van der Waals surface area contributed by atoms with Gasteiger partial charge in [0.05, 0.1) is 17.9 Å². The lowest BCUT2D eigenvalue weighted by atomic mass is 9.82. The molecule has 2 aromatic heterocycles. The SMILES string of the molecule is Cc1nc(Nc2cc(F)ccn2)c(-c2ccc(OCCc3ccc(F)cc3)cc2)c(N2CCC(C)(C)CC2)c1[C@H](OC(C)(C)C)C(=O)O. The minimum atomic E-state index is -1.29. The zero-order valence-electron chi connectivity index (χ0n) is 28.4. The van der Waals surface area contributed by atoms with E-state index in [0.717, 1.165) is 24.0 Å². The molecule has 2 aromatic carbocycles. The van der Waals surface area contributed by atoms with E-state index < -0.39 is 23.5 Å². The first-order valence-corrected chi connectivity index (χ1v) is 16.3. The second-order valence-corrected chi connectivity index (χ2v) is 14.0. The molecule has 3 heterocycles. The Balaban J connectivity index is 1.63. The second-order valence-electron chi connectivity index (χ2n) is 14.0. The molecule has 0 saturated carbocycles. The number of carbonyl (C=O) groups is 1. The summed E-state index contributed by atoms with van der Waals surface area (Å²) in [7, 11) is 0. The fraction of sp³-hybridized carbons (Fsp3) is 0.395. The van der Waals surface area contributed by atoms with E-state index in [4.69, 9.17) is 14.5 Å². The molecular formula is C38H44F2N4O4. The average Bonchev–Trinajstić information content (AvgIpc) is 3.01. The van der Waals surface area contributed by atoms with E-state index >= 15 is 0 Å². The van der Waals surface area contributed by atoms with Gasteiger partial charge in [0, 0.05) is 48.6 Å². The Morgan fingerprint density at radius 2 is 1.69 bits per heavy atom. The first-order chi connectivity index (χ1) is 22.7. The van der Waals surface area contributed by atoms with Crippen molar-refractivity contribution in [2.45, 2.75) is 72.5 Å². The number of halogens is 2. The Bertz CT molecular complexity index is 1730. The molecule has 0 spiro atoms. The highest BCUT2D eigenvalue weighted by atomic mass is 19.1. The van der Waals surface area contributed by atoms with Crippen LogP contribution in [0.1, 0.15) is 70.4 Å². The fourth-order valence-electron chi connectivity index (χ4n) is 5.88. The quantitative estimate of drug-likeness (QED) is 0.165. The molecule has 0 bridgehead atoms. The topological polar surface area (TPSA) is 96.8 Å². The van der Waals surface area contributed by atoms with Crippen molar-refractivity contribution in [3.05, 3.63) is 95.3 Å². The van der Waals surface area contributed by atoms with Gasteiger partial charge in [0.25, 0.3) is 0 Å². The Morgan fingerprint density at radius 3 is 2.29 bits per heavy atom. The smallest absolute Gasteiger partial charge is 0.337 e. The Hall–Kier alpha value is -4.57. The lowest BCUT2D eigenvalue weighted by Crippen LogP contribution is -2.39. The highest BCUT2D eigenvalue weighted by Gasteiger charge is 2.37. The molecule has 8 nitrogen and oxygen atoms in total. The summed E-state index contributed by atoms with van der Waals surface area (Å²) in [5.74, 6) is -0.520. The number of aryl methyl sites for hydroxylation is 1. The summed E-state index contributed by atoms with van der Waals surface area (Å²) in [5.41, 5.74) is 3.42. The number of benzene rings is 2. The molecule has 0 unspecified atom stereocenters. The van der Waals surface area contributed by atoms with Gasteiger partial charge in [-0.2, -0.15) is 0 Å². The van der Waals surface area contributed by atoms with Gasteiger partial charge in [-0.3, -0.25) is 0 Å². The van der Waals surface area contributed by atoms with Crippen LogP contribution in [-0.2, 0) is 16.0 Å². The average molecular weight is 659 g/mol. The van der Waals surface area contributed by atoms with E-state index in [0.29, 0.717) is 60.2 Å². The van der Waals surface area contributed by atoms with Crippen molar-refractivity contribution in [1.82, 2.24) is 9.97 Å².